The topological polar surface area (TPSA) is 24.9 Å². The first-order chi connectivity index (χ1) is 11.6. The molecule has 2 aromatic carbocycles. The predicted molar refractivity (Wildman–Crippen MR) is 104 cm³/mol. The minimum atomic E-state index is 0.643. The van der Waals surface area contributed by atoms with Gasteiger partial charge in [0.05, 0.1) is 14.9 Å². The van der Waals surface area contributed by atoms with E-state index < -0.39 is 0 Å². The Hall–Kier alpha value is -1.10. The van der Waals surface area contributed by atoms with Crippen molar-refractivity contribution in [1.29, 1.82) is 0 Å². The molecule has 1 aromatic heterocycles. The van der Waals surface area contributed by atoms with Crippen molar-refractivity contribution in [2.75, 3.05) is 6.54 Å². The molecule has 0 radical (unpaired) electrons. The lowest BCUT2D eigenvalue weighted by atomic mass is 10.1. The minimum absolute atomic E-state index is 0.643. The molecule has 0 amide bonds. The second-order valence-electron chi connectivity index (χ2n) is 5.23. The lowest BCUT2D eigenvalue weighted by molar-refractivity contribution is 0.684. The standard InChI is InChI=1S/C18H15Cl3N2S/c19-13-5-2-1-4-12(13)8-9-22-11-17-23-10-16(24-17)18-14(20)6-3-7-15(18)21/h1-7,10,22H,8-9,11H2. The third kappa shape index (κ3) is 4.29. The van der Waals surface area contributed by atoms with Crippen LogP contribution in [0, 0.1) is 0 Å². The third-order valence-corrected chi connectivity index (χ3v) is 5.58. The fourth-order valence-corrected chi connectivity index (χ4v) is 4.26. The van der Waals surface area contributed by atoms with Crippen LogP contribution in [-0.2, 0) is 13.0 Å². The van der Waals surface area contributed by atoms with Gasteiger partial charge in [0.25, 0.3) is 0 Å². The van der Waals surface area contributed by atoms with E-state index in [4.69, 9.17) is 34.8 Å². The number of hydrogen-bond donors (Lipinski definition) is 1. The number of hydrogen-bond acceptors (Lipinski definition) is 3. The summed E-state index contributed by atoms with van der Waals surface area (Å²) in [6.07, 6.45) is 2.71. The van der Waals surface area contributed by atoms with Gasteiger partial charge >= 0.3 is 0 Å². The van der Waals surface area contributed by atoms with Crippen molar-refractivity contribution >= 4 is 46.1 Å². The summed E-state index contributed by atoms with van der Waals surface area (Å²) in [5.41, 5.74) is 2.00. The number of nitrogens with one attached hydrogen (secondary N) is 1. The zero-order chi connectivity index (χ0) is 16.9. The maximum atomic E-state index is 6.25. The molecule has 0 aliphatic rings. The first kappa shape index (κ1) is 17.7. The molecule has 124 valence electrons. The fraction of sp³-hybridized carbons (Fsp3) is 0.167. The number of nitrogens with zero attached hydrogens (tertiary/aromatic N) is 1. The highest BCUT2D eigenvalue weighted by Gasteiger charge is 2.11. The molecule has 0 unspecified atom stereocenters. The maximum absolute atomic E-state index is 6.25. The summed E-state index contributed by atoms with van der Waals surface area (Å²) in [5.74, 6) is 0. The van der Waals surface area contributed by atoms with Crippen molar-refractivity contribution in [3.05, 3.63) is 74.3 Å². The molecule has 0 saturated heterocycles. The van der Waals surface area contributed by atoms with Crippen molar-refractivity contribution in [3.63, 3.8) is 0 Å². The van der Waals surface area contributed by atoms with Gasteiger partial charge in [-0.25, -0.2) is 4.98 Å². The number of rotatable bonds is 6. The molecule has 24 heavy (non-hydrogen) atoms. The number of benzene rings is 2. The molecule has 3 aromatic rings. The SMILES string of the molecule is Clc1ccccc1CCNCc1ncc(-c2c(Cl)cccc2Cl)s1. The average Bonchev–Trinajstić information content (AvgIpc) is 3.01. The average molecular weight is 398 g/mol. The van der Waals surface area contributed by atoms with E-state index in [0.29, 0.717) is 16.6 Å². The Labute approximate surface area is 160 Å². The van der Waals surface area contributed by atoms with Crippen LogP contribution < -0.4 is 5.32 Å². The van der Waals surface area contributed by atoms with Crippen LogP contribution in [-0.4, -0.2) is 11.5 Å². The zero-order valence-electron chi connectivity index (χ0n) is 12.7. The highest BCUT2D eigenvalue weighted by Crippen LogP contribution is 2.37. The molecule has 0 atom stereocenters. The Kier molecular flexibility index (Phi) is 6.14. The van der Waals surface area contributed by atoms with Crippen molar-refractivity contribution in [1.82, 2.24) is 10.3 Å². The second kappa shape index (κ2) is 8.32. The molecule has 1 heterocycles. The van der Waals surface area contributed by atoms with Gasteiger partial charge in [-0.3, -0.25) is 0 Å². The second-order valence-corrected chi connectivity index (χ2v) is 7.57. The molecule has 6 heteroatoms. The van der Waals surface area contributed by atoms with E-state index in [1.807, 2.05) is 48.7 Å². The van der Waals surface area contributed by atoms with Gasteiger partial charge in [-0.1, -0.05) is 59.1 Å². The monoisotopic (exact) mass is 396 g/mol. The Bertz CT molecular complexity index is 812. The van der Waals surface area contributed by atoms with Gasteiger partial charge in [0, 0.05) is 23.3 Å². The van der Waals surface area contributed by atoms with E-state index in [-0.39, 0.29) is 0 Å². The van der Waals surface area contributed by atoms with Gasteiger partial charge in [-0.05, 0) is 36.7 Å². The molecular weight excluding hydrogens is 383 g/mol. The van der Waals surface area contributed by atoms with Gasteiger partial charge in [0.2, 0.25) is 0 Å². The normalized spacial score (nSPS) is 11.0. The van der Waals surface area contributed by atoms with Gasteiger partial charge < -0.3 is 5.32 Å². The molecule has 2 nitrogen and oxygen atoms in total. The Morgan fingerprint density at radius 3 is 2.38 bits per heavy atom. The summed E-state index contributed by atoms with van der Waals surface area (Å²) in [4.78, 5) is 5.43. The van der Waals surface area contributed by atoms with E-state index in [0.717, 1.165) is 39.0 Å². The molecule has 0 aliphatic heterocycles. The van der Waals surface area contributed by atoms with Crippen molar-refractivity contribution in [3.8, 4) is 10.4 Å². The van der Waals surface area contributed by atoms with Crippen LogP contribution in [0.3, 0.4) is 0 Å². The number of halogens is 3. The summed E-state index contributed by atoms with van der Waals surface area (Å²) in [5, 5.41) is 6.49. The Balaban J connectivity index is 1.58. The van der Waals surface area contributed by atoms with Crippen LogP contribution in [0.5, 0.6) is 0 Å². The summed E-state index contributed by atoms with van der Waals surface area (Å²) in [6.45, 7) is 1.54. The van der Waals surface area contributed by atoms with Gasteiger partial charge in [-0.15, -0.1) is 11.3 Å². The van der Waals surface area contributed by atoms with Crippen LogP contribution in [0.15, 0.2) is 48.7 Å². The van der Waals surface area contributed by atoms with E-state index in [2.05, 4.69) is 10.3 Å². The summed E-state index contributed by atoms with van der Waals surface area (Å²) in [6, 6.07) is 13.4. The van der Waals surface area contributed by atoms with Crippen LogP contribution in [0.4, 0.5) is 0 Å². The zero-order valence-corrected chi connectivity index (χ0v) is 15.8. The maximum Gasteiger partial charge on any atom is 0.107 e. The van der Waals surface area contributed by atoms with Crippen LogP contribution in [0.2, 0.25) is 15.1 Å². The molecule has 1 N–H and O–H groups in total. The summed E-state index contributed by atoms with van der Waals surface area (Å²) in [7, 11) is 0. The van der Waals surface area contributed by atoms with Crippen molar-refractivity contribution < 1.29 is 0 Å². The Morgan fingerprint density at radius 2 is 1.62 bits per heavy atom. The lowest BCUT2D eigenvalue weighted by Gasteiger charge is -2.05. The fourth-order valence-electron chi connectivity index (χ4n) is 2.36. The number of thiazole rings is 1. The smallest absolute Gasteiger partial charge is 0.107 e. The van der Waals surface area contributed by atoms with Crippen LogP contribution in [0.25, 0.3) is 10.4 Å². The van der Waals surface area contributed by atoms with Crippen LogP contribution >= 0.6 is 46.1 Å². The summed E-state index contributed by atoms with van der Waals surface area (Å²) >= 11 is 20.3. The molecular formula is C18H15Cl3N2S. The molecule has 0 fully saturated rings. The predicted octanol–water partition coefficient (Wildman–Crippen LogP) is 6.10. The van der Waals surface area contributed by atoms with E-state index in [1.165, 1.54) is 0 Å². The molecule has 0 spiro atoms. The molecule has 0 bridgehead atoms. The van der Waals surface area contributed by atoms with E-state index in [9.17, 15) is 0 Å². The lowest BCUT2D eigenvalue weighted by Crippen LogP contribution is -2.16. The van der Waals surface area contributed by atoms with Crippen LogP contribution in [0.1, 0.15) is 10.6 Å². The molecule has 3 rings (SSSR count). The van der Waals surface area contributed by atoms with Gasteiger partial charge in [0.15, 0.2) is 0 Å². The highest BCUT2D eigenvalue weighted by molar-refractivity contribution is 7.15. The van der Waals surface area contributed by atoms with E-state index >= 15 is 0 Å². The summed E-state index contributed by atoms with van der Waals surface area (Å²) < 4.78 is 0. The van der Waals surface area contributed by atoms with Gasteiger partial charge in [0.1, 0.15) is 5.01 Å². The highest BCUT2D eigenvalue weighted by atomic mass is 35.5. The molecule has 0 aliphatic carbocycles. The Morgan fingerprint density at radius 1 is 0.917 bits per heavy atom. The molecule has 0 saturated carbocycles. The third-order valence-electron chi connectivity index (χ3n) is 3.57. The first-order valence-electron chi connectivity index (χ1n) is 7.48. The van der Waals surface area contributed by atoms with E-state index in [1.54, 1.807) is 11.3 Å². The quantitative estimate of drug-likeness (QED) is 0.508. The minimum Gasteiger partial charge on any atom is -0.310 e. The van der Waals surface area contributed by atoms with Crippen molar-refractivity contribution in [2.24, 2.45) is 0 Å². The van der Waals surface area contributed by atoms with Crippen molar-refractivity contribution in [2.45, 2.75) is 13.0 Å². The van der Waals surface area contributed by atoms with Gasteiger partial charge in [-0.2, -0.15) is 0 Å². The first-order valence-corrected chi connectivity index (χ1v) is 9.43. The largest absolute Gasteiger partial charge is 0.310 e. The number of aromatic nitrogens is 1.